The predicted octanol–water partition coefficient (Wildman–Crippen LogP) is 7.36. The van der Waals surface area contributed by atoms with Crippen LogP contribution < -0.4 is 4.90 Å². The summed E-state index contributed by atoms with van der Waals surface area (Å²) in [6, 6.07) is 9.18. The summed E-state index contributed by atoms with van der Waals surface area (Å²) in [7, 11) is 2.24. The second kappa shape index (κ2) is 9.26. The molecule has 0 unspecified atom stereocenters. The topological polar surface area (TPSA) is 3.24 Å². The van der Waals surface area contributed by atoms with E-state index in [9.17, 15) is 0 Å². The quantitative estimate of drug-likeness (QED) is 0.496. The third-order valence-electron chi connectivity index (χ3n) is 5.52. The molecule has 2 rings (SSSR count). The van der Waals surface area contributed by atoms with E-state index in [4.69, 9.17) is 0 Å². The Morgan fingerprint density at radius 3 is 2.04 bits per heavy atom. The molecule has 0 amide bonds. The SMILES string of the molecule is CCCN(C)c1c(C)c(C=C(C)C)c(-c2ccc(CC)cc2)c(CC)c1C. The van der Waals surface area contributed by atoms with Gasteiger partial charge in [0.15, 0.2) is 0 Å². The summed E-state index contributed by atoms with van der Waals surface area (Å²) < 4.78 is 0. The van der Waals surface area contributed by atoms with Gasteiger partial charge in [0, 0.05) is 19.3 Å². The van der Waals surface area contributed by atoms with E-state index in [-0.39, 0.29) is 0 Å². The highest BCUT2D eigenvalue weighted by atomic mass is 15.1. The molecule has 0 radical (unpaired) electrons. The van der Waals surface area contributed by atoms with Gasteiger partial charge in [-0.1, -0.05) is 56.7 Å². The van der Waals surface area contributed by atoms with Gasteiger partial charge in [-0.25, -0.2) is 0 Å². The molecule has 0 fully saturated rings. The molecule has 146 valence electrons. The number of hydrogen-bond acceptors (Lipinski definition) is 1. The maximum atomic E-state index is 2.44. The monoisotopic (exact) mass is 363 g/mol. The third kappa shape index (κ3) is 4.46. The number of aryl methyl sites for hydroxylation is 1. The Bertz CT molecular complexity index is 805. The Balaban J connectivity index is 2.86. The van der Waals surface area contributed by atoms with Gasteiger partial charge in [-0.05, 0) is 85.9 Å². The van der Waals surface area contributed by atoms with Crippen molar-refractivity contribution in [2.45, 2.75) is 67.7 Å². The van der Waals surface area contributed by atoms with Crippen molar-refractivity contribution in [3.8, 4) is 11.1 Å². The van der Waals surface area contributed by atoms with Gasteiger partial charge in [0.2, 0.25) is 0 Å². The van der Waals surface area contributed by atoms with Gasteiger partial charge in [0.1, 0.15) is 0 Å². The Hall–Kier alpha value is -2.02. The second-order valence-electron chi connectivity index (χ2n) is 7.91. The van der Waals surface area contributed by atoms with Crippen LogP contribution in [0.5, 0.6) is 0 Å². The number of rotatable bonds is 7. The summed E-state index contributed by atoms with van der Waals surface area (Å²) in [6.07, 6.45) is 5.67. The van der Waals surface area contributed by atoms with Crippen molar-refractivity contribution in [1.82, 2.24) is 0 Å². The van der Waals surface area contributed by atoms with Crippen LogP contribution >= 0.6 is 0 Å². The van der Waals surface area contributed by atoms with Crippen LogP contribution in [0, 0.1) is 13.8 Å². The van der Waals surface area contributed by atoms with Gasteiger partial charge in [0.05, 0.1) is 0 Å². The highest BCUT2D eigenvalue weighted by Crippen LogP contribution is 2.40. The van der Waals surface area contributed by atoms with Crippen molar-refractivity contribution >= 4 is 11.8 Å². The molecule has 0 saturated heterocycles. The minimum absolute atomic E-state index is 1.05. The Morgan fingerprint density at radius 2 is 1.56 bits per heavy atom. The summed E-state index contributed by atoms with van der Waals surface area (Å²) in [5.41, 5.74) is 12.6. The molecule has 1 nitrogen and oxygen atoms in total. The molecule has 0 heterocycles. The first kappa shape index (κ1) is 21.3. The molecule has 1 heteroatoms. The van der Waals surface area contributed by atoms with Gasteiger partial charge >= 0.3 is 0 Å². The first-order chi connectivity index (χ1) is 12.8. The lowest BCUT2D eigenvalue weighted by atomic mass is 9.84. The smallest absolute Gasteiger partial charge is 0.0432 e. The zero-order chi connectivity index (χ0) is 20.1. The average molecular weight is 364 g/mol. The molecule has 2 aromatic rings. The van der Waals surface area contributed by atoms with E-state index in [0.717, 1.165) is 25.8 Å². The van der Waals surface area contributed by atoms with E-state index in [1.165, 1.54) is 50.2 Å². The van der Waals surface area contributed by atoms with Crippen LogP contribution in [0.15, 0.2) is 29.8 Å². The maximum absolute atomic E-state index is 2.44. The van der Waals surface area contributed by atoms with E-state index in [1.54, 1.807) is 0 Å². The van der Waals surface area contributed by atoms with Crippen molar-refractivity contribution in [3.05, 3.63) is 57.7 Å². The van der Waals surface area contributed by atoms with Gasteiger partial charge in [-0.15, -0.1) is 0 Å². The van der Waals surface area contributed by atoms with Crippen molar-refractivity contribution in [2.24, 2.45) is 0 Å². The zero-order valence-electron chi connectivity index (χ0n) is 18.7. The van der Waals surface area contributed by atoms with Crippen LogP contribution in [0.3, 0.4) is 0 Å². The first-order valence-corrected chi connectivity index (χ1v) is 10.5. The van der Waals surface area contributed by atoms with E-state index >= 15 is 0 Å². The molecular weight excluding hydrogens is 326 g/mol. The van der Waals surface area contributed by atoms with E-state index in [0.29, 0.717) is 0 Å². The van der Waals surface area contributed by atoms with Gasteiger partial charge in [-0.3, -0.25) is 0 Å². The number of allylic oxidation sites excluding steroid dienone is 1. The summed E-state index contributed by atoms with van der Waals surface area (Å²) in [5.74, 6) is 0. The average Bonchev–Trinajstić information content (AvgIpc) is 2.64. The Labute approximate surface area is 167 Å². The molecule has 0 aromatic heterocycles. The van der Waals surface area contributed by atoms with Crippen LogP contribution in [0.25, 0.3) is 17.2 Å². The molecule has 0 atom stereocenters. The standard InChI is InChI=1S/C26H37N/c1-9-16-27(8)26-19(6)23(11-3)25(24(20(26)7)17-18(4)5)22-14-12-21(10-2)13-15-22/h12-15,17H,9-11,16H2,1-8H3. The van der Waals surface area contributed by atoms with Crippen LogP contribution in [0.4, 0.5) is 5.69 Å². The molecular formula is C26H37N. The molecule has 0 saturated carbocycles. The van der Waals surface area contributed by atoms with Crippen molar-refractivity contribution in [3.63, 3.8) is 0 Å². The fourth-order valence-corrected chi connectivity index (χ4v) is 4.26. The lowest BCUT2D eigenvalue weighted by Gasteiger charge is -2.29. The minimum atomic E-state index is 1.05. The summed E-state index contributed by atoms with van der Waals surface area (Å²) >= 11 is 0. The number of benzene rings is 2. The zero-order valence-corrected chi connectivity index (χ0v) is 18.7. The number of hydrogen-bond donors (Lipinski definition) is 0. The lowest BCUT2D eigenvalue weighted by Crippen LogP contribution is -2.21. The molecule has 0 spiro atoms. The largest absolute Gasteiger partial charge is 0.374 e. The summed E-state index contributed by atoms with van der Waals surface area (Å²) in [6.45, 7) is 16.8. The fourth-order valence-electron chi connectivity index (χ4n) is 4.26. The molecule has 0 bridgehead atoms. The molecule has 2 aromatic carbocycles. The first-order valence-electron chi connectivity index (χ1n) is 10.5. The Kier molecular flexibility index (Phi) is 7.30. The fraction of sp³-hybridized carbons (Fsp3) is 0.462. The third-order valence-corrected chi connectivity index (χ3v) is 5.52. The van der Waals surface area contributed by atoms with Crippen LogP contribution in [-0.2, 0) is 12.8 Å². The highest BCUT2D eigenvalue weighted by molar-refractivity contribution is 5.86. The van der Waals surface area contributed by atoms with Crippen molar-refractivity contribution < 1.29 is 0 Å². The molecule has 0 aliphatic heterocycles. The van der Waals surface area contributed by atoms with Crippen LogP contribution in [-0.4, -0.2) is 13.6 Å². The van der Waals surface area contributed by atoms with E-state index in [2.05, 4.69) is 90.8 Å². The number of nitrogens with zero attached hydrogens (tertiary/aromatic N) is 1. The van der Waals surface area contributed by atoms with Crippen LogP contribution in [0.2, 0.25) is 0 Å². The van der Waals surface area contributed by atoms with Gasteiger partial charge in [0.25, 0.3) is 0 Å². The number of anilines is 1. The van der Waals surface area contributed by atoms with E-state index in [1.807, 2.05) is 0 Å². The maximum Gasteiger partial charge on any atom is 0.0432 e. The van der Waals surface area contributed by atoms with Gasteiger partial charge < -0.3 is 4.90 Å². The second-order valence-corrected chi connectivity index (χ2v) is 7.91. The molecule has 0 N–H and O–H groups in total. The lowest BCUT2D eigenvalue weighted by molar-refractivity contribution is 0.843. The Morgan fingerprint density at radius 1 is 0.926 bits per heavy atom. The van der Waals surface area contributed by atoms with Gasteiger partial charge in [-0.2, -0.15) is 0 Å². The summed E-state index contributed by atoms with van der Waals surface area (Å²) in [5, 5.41) is 0. The van der Waals surface area contributed by atoms with Crippen molar-refractivity contribution in [1.29, 1.82) is 0 Å². The highest BCUT2D eigenvalue weighted by Gasteiger charge is 2.20. The van der Waals surface area contributed by atoms with Crippen molar-refractivity contribution in [2.75, 3.05) is 18.5 Å². The molecule has 0 aliphatic carbocycles. The van der Waals surface area contributed by atoms with Crippen LogP contribution in [0.1, 0.15) is 68.9 Å². The minimum Gasteiger partial charge on any atom is -0.374 e. The predicted molar refractivity (Wildman–Crippen MR) is 123 cm³/mol. The van der Waals surface area contributed by atoms with E-state index < -0.39 is 0 Å². The normalized spacial score (nSPS) is 10.8. The summed E-state index contributed by atoms with van der Waals surface area (Å²) in [4.78, 5) is 2.44. The molecule has 27 heavy (non-hydrogen) atoms. The molecule has 0 aliphatic rings.